The lowest BCUT2D eigenvalue weighted by atomic mass is 10.0. The fraction of sp³-hybridized carbons (Fsp3) is 0.176. The molecule has 0 radical (unpaired) electrons. The van der Waals surface area contributed by atoms with Crippen molar-refractivity contribution in [2.75, 3.05) is 13.7 Å². The van der Waals surface area contributed by atoms with Crippen LogP contribution in [-0.2, 0) is 0 Å². The summed E-state index contributed by atoms with van der Waals surface area (Å²) < 4.78 is 0. The first-order valence-corrected chi connectivity index (χ1v) is 6.61. The molecule has 0 fully saturated rings. The lowest BCUT2D eigenvalue weighted by molar-refractivity contribution is 0.384. The minimum absolute atomic E-state index is 0.285. The molecule has 0 bridgehead atoms. The minimum atomic E-state index is 0.285. The molecule has 1 aliphatic rings. The van der Waals surface area contributed by atoms with Crippen molar-refractivity contribution in [3.63, 3.8) is 0 Å². The summed E-state index contributed by atoms with van der Waals surface area (Å²) in [5.74, 6) is 0. The van der Waals surface area contributed by atoms with Crippen LogP contribution in [0.25, 0.3) is 5.70 Å². The maximum Gasteiger partial charge on any atom is 0.0686 e. The third-order valence-corrected chi connectivity index (χ3v) is 3.51. The molecular weight excluding hydrogens is 232 g/mol. The van der Waals surface area contributed by atoms with Gasteiger partial charge in [0.15, 0.2) is 0 Å². The second kappa shape index (κ2) is 5.29. The Morgan fingerprint density at radius 2 is 1.58 bits per heavy atom. The second-order valence-corrected chi connectivity index (χ2v) is 4.87. The lowest BCUT2D eigenvalue weighted by Gasteiger charge is -2.32. The maximum absolute atomic E-state index is 3.53. The predicted molar refractivity (Wildman–Crippen MR) is 79.4 cm³/mol. The van der Waals surface area contributed by atoms with Crippen LogP contribution in [0.3, 0.4) is 0 Å². The molecule has 96 valence electrons. The highest BCUT2D eigenvalue weighted by molar-refractivity contribution is 5.65. The molecule has 1 unspecified atom stereocenters. The molecule has 0 saturated heterocycles. The van der Waals surface area contributed by atoms with Gasteiger partial charge in [-0.05, 0) is 17.2 Å². The molecule has 19 heavy (non-hydrogen) atoms. The molecule has 1 atom stereocenters. The van der Waals surface area contributed by atoms with Crippen molar-refractivity contribution in [3.05, 3.63) is 77.9 Å². The van der Waals surface area contributed by atoms with Crippen LogP contribution in [0.5, 0.6) is 0 Å². The highest BCUT2D eigenvalue weighted by Crippen LogP contribution is 2.26. The zero-order chi connectivity index (χ0) is 13.1. The number of hydrogen-bond donors (Lipinski definition) is 1. The van der Waals surface area contributed by atoms with Crippen LogP contribution in [0.2, 0.25) is 0 Å². The number of rotatable bonds is 2. The predicted octanol–water partition coefficient (Wildman–Crippen LogP) is 3.26. The summed E-state index contributed by atoms with van der Waals surface area (Å²) in [6.07, 6.45) is 2.30. The van der Waals surface area contributed by atoms with Crippen molar-refractivity contribution in [2.24, 2.45) is 0 Å². The molecule has 3 rings (SSSR count). The van der Waals surface area contributed by atoms with Crippen molar-refractivity contribution < 1.29 is 0 Å². The third kappa shape index (κ3) is 2.54. The molecule has 2 heteroatoms. The fourth-order valence-electron chi connectivity index (χ4n) is 2.46. The van der Waals surface area contributed by atoms with Gasteiger partial charge in [-0.1, -0.05) is 60.7 Å². The first-order valence-electron chi connectivity index (χ1n) is 6.61. The Labute approximate surface area is 114 Å². The molecule has 1 aliphatic heterocycles. The SMILES string of the molecule is CN1CNC(c2ccccc2)C=C1c1ccccc1. The minimum Gasteiger partial charge on any atom is -0.362 e. The molecule has 0 amide bonds. The van der Waals surface area contributed by atoms with Crippen LogP contribution >= 0.6 is 0 Å². The van der Waals surface area contributed by atoms with E-state index in [0.717, 1.165) is 6.67 Å². The van der Waals surface area contributed by atoms with E-state index in [0.29, 0.717) is 0 Å². The molecule has 0 aromatic heterocycles. The average Bonchev–Trinajstić information content (AvgIpc) is 2.49. The maximum atomic E-state index is 3.53. The van der Waals surface area contributed by atoms with Crippen molar-refractivity contribution in [1.29, 1.82) is 0 Å². The monoisotopic (exact) mass is 250 g/mol. The Bertz CT molecular complexity index is 560. The van der Waals surface area contributed by atoms with Gasteiger partial charge in [0.05, 0.1) is 12.7 Å². The van der Waals surface area contributed by atoms with E-state index in [2.05, 4.69) is 84.0 Å². The van der Waals surface area contributed by atoms with Crippen LogP contribution in [0.4, 0.5) is 0 Å². The molecule has 2 nitrogen and oxygen atoms in total. The van der Waals surface area contributed by atoms with E-state index >= 15 is 0 Å². The summed E-state index contributed by atoms with van der Waals surface area (Å²) in [5, 5.41) is 3.53. The van der Waals surface area contributed by atoms with E-state index in [-0.39, 0.29) is 6.04 Å². The Hall–Kier alpha value is -2.06. The first kappa shape index (κ1) is 12.0. The summed E-state index contributed by atoms with van der Waals surface area (Å²) in [4.78, 5) is 2.24. The van der Waals surface area contributed by atoms with Gasteiger partial charge in [-0.2, -0.15) is 0 Å². The quantitative estimate of drug-likeness (QED) is 0.880. The van der Waals surface area contributed by atoms with Crippen molar-refractivity contribution >= 4 is 5.70 Å². The van der Waals surface area contributed by atoms with Crippen LogP contribution in [0, 0.1) is 0 Å². The number of hydrogen-bond acceptors (Lipinski definition) is 2. The fourth-order valence-corrected chi connectivity index (χ4v) is 2.46. The van der Waals surface area contributed by atoms with Gasteiger partial charge in [-0.15, -0.1) is 0 Å². The summed E-state index contributed by atoms with van der Waals surface area (Å²) in [7, 11) is 2.12. The van der Waals surface area contributed by atoms with E-state index in [1.165, 1.54) is 16.8 Å². The largest absolute Gasteiger partial charge is 0.362 e. The highest BCUT2D eigenvalue weighted by atomic mass is 15.2. The van der Waals surface area contributed by atoms with Crippen molar-refractivity contribution in [1.82, 2.24) is 10.2 Å². The molecule has 0 aliphatic carbocycles. The summed E-state index contributed by atoms with van der Waals surface area (Å²) in [6, 6.07) is 21.4. The third-order valence-electron chi connectivity index (χ3n) is 3.51. The number of benzene rings is 2. The molecule has 2 aromatic carbocycles. The van der Waals surface area contributed by atoms with E-state index < -0.39 is 0 Å². The van der Waals surface area contributed by atoms with Crippen LogP contribution in [-0.4, -0.2) is 18.6 Å². The van der Waals surface area contributed by atoms with Gasteiger partial charge >= 0.3 is 0 Å². The molecule has 1 N–H and O–H groups in total. The Kier molecular flexibility index (Phi) is 3.34. The lowest BCUT2D eigenvalue weighted by Crippen LogP contribution is -2.37. The summed E-state index contributed by atoms with van der Waals surface area (Å²) in [6.45, 7) is 0.861. The Morgan fingerprint density at radius 1 is 0.947 bits per heavy atom. The van der Waals surface area contributed by atoms with Crippen LogP contribution in [0.15, 0.2) is 66.7 Å². The smallest absolute Gasteiger partial charge is 0.0686 e. The Morgan fingerprint density at radius 3 is 2.26 bits per heavy atom. The number of nitrogens with zero attached hydrogens (tertiary/aromatic N) is 1. The van der Waals surface area contributed by atoms with Gasteiger partial charge in [0.2, 0.25) is 0 Å². The van der Waals surface area contributed by atoms with Crippen molar-refractivity contribution in [3.8, 4) is 0 Å². The zero-order valence-electron chi connectivity index (χ0n) is 11.1. The molecule has 0 spiro atoms. The second-order valence-electron chi connectivity index (χ2n) is 4.87. The van der Waals surface area contributed by atoms with Gasteiger partial charge in [-0.25, -0.2) is 0 Å². The van der Waals surface area contributed by atoms with Gasteiger partial charge < -0.3 is 4.90 Å². The standard InChI is InChI=1S/C17H18N2/c1-19-13-18-16(14-8-4-2-5-9-14)12-17(19)15-10-6-3-7-11-15/h2-12,16,18H,13H2,1H3. The van der Waals surface area contributed by atoms with Gasteiger partial charge in [0.1, 0.15) is 0 Å². The van der Waals surface area contributed by atoms with Gasteiger partial charge in [0.25, 0.3) is 0 Å². The molecule has 0 saturated carbocycles. The normalized spacial score (nSPS) is 19.1. The summed E-state index contributed by atoms with van der Waals surface area (Å²) >= 11 is 0. The highest BCUT2D eigenvalue weighted by Gasteiger charge is 2.18. The van der Waals surface area contributed by atoms with Crippen LogP contribution in [0.1, 0.15) is 17.2 Å². The first-order chi connectivity index (χ1) is 9.34. The van der Waals surface area contributed by atoms with E-state index in [9.17, 15) is 0 Å². The van der Waals surface area contributed by atoms with Crippen molar-refractivity contribution in [2.45, 2.75) is 6.04 Å². The van der Waals surface area contributed by atoms with E-state index in [4.69, 9.17) is 0 Å². The summed E-state index contributed by atoms with van der Waals surface area (Å²) in [5.41, 5.74) is 3.87. The van der Waals surface area contributed by atoms with E-state index in [1.807, 2.05) is 0 Å². The van der Waals surface area contributed by atoms with Gasteiger partial charge in [0, 0.05) is 12.7 Å². The topological polar surface area (TPSA) is 15.3 Å². The van der Waals surface area contributed by atoms with Gasteiger partial charge in [-0.3, -0.25) is 5.32 Å². The number of nitrogens with one attached hydrogen (secondary N) is 1. The zero-order valence-corrected chi connectivity index (χ0v) is 11.1. The molecule has 2 aromatic rings. The molecule has 1 heterocycles. The molecular formula is C17H18N2. The average molecular weight is 250 g/mol. The van der Waals surface area contributed by atoms with Crippen LogP contribution < -0.4 is 5.32 Å². The Balaban J connectivity index is 1.96. The van der Waals surface area contributed by atoms with E-state index in [1.54, 1.807) is 0 Å².